The zero-order valence-corrected chi connectivity index (χ0v) is 34.8. The van der Waals surface area contributed by atoms with Crippen LogP contribution in [0.25, 0.3) is 27.9 Å². The number of benzene rings is 2. The Hall–Kier alpha value is -6.45. The van der Waals surface area contributed by atoms with Crippen molar-refractivity contribution < 1.29 is 33.5 Å². The highest BCUT2D eigenvalue weighted by atomic mass is 16.6. The fourth-order valence-corrected chi connectivity index (χ4v) is 8.37. The normalized spacial score (nSPS) is 18.6. The summed E-state index contributed by atoms with van der Waals surface area (Å²) in [5, 5.41) is 10.2. The average Bonchev–Trinajstić information content (AvgIpc) is 3.84. The van der Waals surface area contributed by atoms with Crippen LogP contribution < -0.4 is 10.6 Å². The second kappa shape index (κ2) is 17.3. The van der Waals surface area contributed by atoms with Crippen LogP contribution in [-0.2, 0) is 19.1 Å². The lowest BCUT2D eigenvalue weighted by Crippen LogP contribution is -2.54. The molecule has 6 amide bonds. The Bertz CT molecular complexity index is 2430. The van der Waals surface area contributed by atoms with Crippen molar-refractivity contribution in [2.45, 2.75) is 96.2 Å². The second-order valence-electron chi connectivity index (χ2n) is 17.1. The van der Waals surface area contributed by atoms with Crippen molar-refractivity contribution in [3.63, 3.8) is 0 Å². The lowest BCUT2D eigenvalue weighted by Gasteiger charge is -2.32. The van der Waals surface area contributed by atoms with Crippen LogP contribution in [-0.4, -0.2) is 114 Å². The second-order valence-corrected chi connectivity index (χ2v) is 17.1. The number of nitrogens with zero attached hydrogens (tertiary/aromatic N) is 7. The molecule has 16 nitrogen and oxygen atoms in total. The number of hydrogen-bond acceptors (Lipinski definition) is 11. The first-order valence-electron chi connectivity index (χ1n) is 21.2. The van der Waals surface area contributed by atoms with Gasteiger partial charge in [-0.05, 0) is 101 Å². The number of imide groups is 2. The van der Waals surface area contributed by atoms with E-state index in [1.54, 1.807) is 29.3 Å². The number of aromatic nitrogens is 4. The number of nitrogens with one attached hydrogen (secondary N) is 2. The van der Waals surface area contributed by atoms with Gasteiger partial charge in [0, 0.05) is 63.0 Å². The van der Waals surface area contributed by atoms with Gasteiger partial charge in [0.25, 0.3) is 11.8 Å². The Kier molecular flexibility index (Phi) is 11.7. The summed E-state index contributed by atoms with van der Waals surface area (Å²) in [6.07, 6.45) is 12.8. The highest BCUT2D eigenvalue weighted by Gasteiger charge is 2.44. The highest BCUT2D eigenvalue weighted by molar-refractivity contribution is 6.23. The molecule has 4 aromatic rings. The molecule has 61 heavy (non-hydrogen) atoms. The van der Waals surface area contributed by atoms with Crippen molar-refractivity contribution in [1.82, 2.24) is 39.8 Å². The molecule has 2 fully saturated rings. The summed E-state index contributed by atoms with van der Waals surface area (Å²) >= 11 is 0. The number of ether oxygens (including phenoxy) is 1. The number of rotatable bonds is 11. The molecule has 6 heterocycles. The predicted octanol–water partition coefficient (Wildman–Crippen LogP) is 5.75. The van der Waals surface area contributed by atoms with Gasteiger partial charge in [0.1, 0.15) is 11.6 Å². The van der Waals surface area contributed by atoms with E-state index in [0.29, 0.717) is 44.8 Å². The Labute approximate surface area is 353 Å². The van der Waals surface area contributed by atoms with Crippen molar-refractivity contribution in [2.75, 3.05) is 38.0 Å². The predicted molar refractivity (Wildman–Crippen MR) is 226 cm³/mol. The maximum Gasteiger partial charge on any atom is 0.410 e. The molecule has 0 aliphatic carbocycles. The Morgan fingerprint density at radius 1 is 0.852 bits per heavy atom. The third-order valence-electron chi connectivity index (χ3n) is 11.7. The molecule has 2 saturated heterocycles. The zero-order chi connectivity index (χ0) is 42.8. The monoisotopic (exact) mass is 829 g/mol. The van der Waals surface area contributed by atoms with E-state index in [0.717, 1.165) is 76.9 Å². The molecule has 0 radical (unpaired) electrons. The van der Waals surface area contributed by atoms with Crippen LogP contribution in [0, 0.1) is 0 Å². The largest absolute Gasteiger partial charge is 0.444 e. The standard InChI is InChI=1S/C45H51N9O7/c1-45(2,3)61-44(60)52-19-14-28(15-20-52)29-8-11-35-36(23-29)49-37(26-47-35)30-25-48-53(27-30)32-16-21-51(22-17-32)40(56)7-5-4-6-18-46-31-9-10-33-34(24-31)43(59)54(42(33)58)38-12-13-39(55)50-41(38)57/h8-11,14,23-27,32,38,46H,4-7,12-13,15-22H2,1-3H3,(H,50,55,57). The smallest absolute Gasteiger partial charge is 0.410 e. The van der Waals surface area contributed by atoms with E-state index in [9.17, 15) is 28.8 Å². The summed E-state index contributed by atoms with van der Waals surface area (Å²) in [5.41, 5.74) is 6.08. The van der Waals surface area contributed by atoms with E-state index in [1.165, 1.54) is 0 Å². The van der Waals surface area contributed by atoms with Crippen LogP contribution in [0.1, 0.15) is 111 Å². The van der Waals surface area contributed by atoms with Gasteiger partial charge in [0.2, 0.25) is 17.7 Å². The zero-order valence-electron chi connectivity index (χ0n) is 34.8. The van der Waals surface area contributed by atoms with Crippen LogP contribution in [0.3, 0.4) is 0 Å². The summed E-state index contributed by atoms with van der Waals surface area (Å²) in [6, 6.07) is 10.2. The summed E-state index contributed by atoms with van der Waals surface area (Å²) in [7, 11) is 0. The van der Waals surface area contributed by atoms with Crippen molar-refractivity contribution in [3.05, 3.63) is 77.8 Å². The number of hydrogen-bond donors (Lipinski definition) is 2. The number of unbranched alkanes of at least 4 members (excludes halogenated alkanes) is 2. The molecule has 1 atom stereocenters. The first-order valence-corrected chi connectivity index (χ1v) is 21.2. The lowest BCUT2D eigenvalue weighted by molar-refractivity contribution is -0.136. The molecule has 318 valence electrons. The molecule has 2 aromatic carbocycles. The van der Waals surface area contributed by atoms with Crippen LogP contribution in [0.4, 0.5) is 10.5 Å². The number of piperidine rings is 2. The number of fused-ring (bicyclic) bond motifs is 2. The third kappa shape index (κ3) is 9.17. The van der Waals surface area contributed by atoms with Gasteiger partial charge in [-0.1, -0.05) is 18.6 Å². The van der Waals surface area contributed by atoms with Gasteiger partial charge >= 0.3 is 6.09 Å². The Morgan fingerprint density at radius 2 is 1.66 bits per heavy atom. The van der Waals surface area contributed by atoms with E-state index in [2.05, 4.69) is 38.9 Å². The SMILES string of the molecule is CC(C)(C)OC(=O)N1CC=C(c2ccc3ncc(-c4cnn(C5CCN(C(=O)CCCCCNc6ccc7c(c6)C(=O)N(C6CCC(=O)NC6=O)C7=O)CC5)c4)nc3c2)CC1. The number of carbonyl (C=O) groups is 6. The van der Waals surface area contributed by atoms with Gasteiger partial charge in [-0.3, -0.25) is 43.9 Å². The number of likely N-dealkylation sites (tertiary alicyclic amines) is 1. The first kappa shape index (κ1) is 41.3. The quantitative estimate of drug-likeness (QED) is 0.138. The van der Waals surface area contributed by atoms with Crippen molar-refractivity contribution in [1.29, 1.82) is 0 Å². The minimum Gasteiger partial charge on any atom is -0.444 e. The molecular formula is C45H51N9O7. The Morgan fingerprint density at radius 3 is 2.41 bits per heavy atom. The van der Waals surface area contributed by atoms with Crippen LogP contribution in [0.5, 0.6) is 0 Å². The molecule has 16 heteroatoms. The van der Waals surface area contributed by atoms with Gasteiger partial charge in [-0.2, -0.15) is 5.10 Å². The maximum atomic E-state index is 13.1. The molecule has 4 aliphatic heterocycles. The fraction of sp³-hybridized carbons (Fsp3) is 0.444. The third-order valence-corrected chi connectivity index (χ3v) is 11.7. The molecule has 8 rings (SSSR count). The minimum atomic E-state index is -0.996. The fourth-order valence-electron chi connectivity index (χ4n) is 8.37. The molecular weight excluding hydrogens is 779 g/mol. The van der Waals surface area contributed by atoms with E-state index >= 15 is 0 Å². The number of amides is 6. The Balaban J connectivity index is 0.766. The van der Waals surface area contributed by atoms with E-state index in [4.69, 9.17) is 9.72 Å². The molecule has 0 spiro atoms. The molecule has 0 bridgehead atoms. The van der Waals surface area contributed by atoms with Crippen LogP contribution >= 0.6 is 0 Å². The van der Waals surface area contributed by atoms with Crippen LogP contribution in [0.15, 0.2) is 61.1 Å². The summed E-state index contributed by atoms with van der Waals surface area (Å²) in [5.74, 6) is -1.95. The molecule has 2 N–H and O–H groups in total. The molecule has 2 aromatic heterocycles. The first-order chi connectivity index (χ1) is 29.3. The molecule has 0 saturated carbocycles. The van der Waals surface area contributed by atoms with Crippen LogP contribution in [0.2, 0.25) is 0 Å². The van der Waals surface area contributed by atoms with Gasteiger partial charge in [-0.25, -0.2) is 9.78 Å². The summed E-state index contributed by atoms with van der Waals surface area (Å²) in [4.78, 5) is 89.8. The van der Waals surface area contributed by atoms with Crippen molar-refractivity contribution in [3.8, 4) is 11.3 Å². The maximum absolute atomic E-state index is 13.1. The molecule has 1 unspecified atom stereocenters. The highest BCUT2D eigenvalue weighted by Crippen LogP contribution is 2.31. The van der Waals surface area contributed by atoms with Gasteiger partial charge in [-0.15, -0.1) is 0 Å². The topological polar surface area (TPSA) is 189 Å². The molecule has 4 aliphatic rings. The van der Waals surface area contributed by atoms with Crippen molar-refractivity contribution in [2.24, 2.45) is 0 Å². The van der Waals surface area contributed by atoms with Crippen molar-refractivity contribution >= 4 is 57.9 Å². The minimum absolute atomic E-state index is 0.0724. The van der Waals surface area contributed by atoms with Gasteiger partial charge in [0.05, 0.1) is 46.3 Å². The number of carbonyl (C=O) groups excluding carboxylic acids is 6. The van der Waals surface area contributed by atoms with Gasteiger partial charge in [0.15, 0.2) is 0 Å². The lowest BCUT2D eigenvalue weighted by atomic mass is 9.99. The number of anilines is 1. The van der Waals surface area contributed by atoms with E-state index in [-0.39, 0.29) is 42.0 Å². The summed E-state index contributed by atoms with van der Waals surface area (Å²) < 4.78 is 7.52. The van der Waals surface area contributed by atoms with E-state index in [1.807, 2.05) is 48.8 Å². The average molecular weight is 830 g/mol. The van der Waals surface area contributed by atoms with Gasteiger partial charge < -0.3 is 19.9 Å². The van der Waals surface area contributed by atoms with E-state index < -0.39 is 35.3 Å². The summed E-state index contributed by atoms with van der Waals surface area (Å²) in [6.45, 7) is 8.66.